The smallest absolute Gasteiger partial charge is 0.260 e. The number of aliphatic imine (C=N–C) groups is 1. The molecule has 6 nitrogen and oxygen atoms in total. The molecule has 0 saturated carbocycles. The summed E-state index contributed by atoms with van der Waals surface area (Å²) >= 11 is 5.13. The summed E-state index contributed by atoms with van der Waals surface area (Å²) < 4.78 is 0. The number of piperidine rings is 1. The monoisotopic (exact) mass is 332 g/mol. The number of hydrogen-bond acceptors (Lipinski definition) is 4. The van der Waals surface area contributed by atoms with Crippen LogP contribution in [-0.2, 0) is 9.59 Å². The Morgan fingerprint density at radius 1 is 1.30 bits per heavy atom. The highest BCUT2D eigenvalue weighted by Crippen LogP contribution is 2.18. The van der Waals surface area contributed by atoms with Gasteiger partial charge in [0.2, 0.25) is 11.0 Å². The fraction of sp³-hybridized carbons (Fsp3) is 0.500. The lowest BCUT2D eigenvalue weighted by molar-refractivity contribution is -0.137. The topological polar surface area (TPSA) is 65.0 Å². The Hall–Kier alpha value is -1.86. The van der Waals surface area contributed by atoms with Gasteiger partial charge < -0.3 is 4.90 Å². The molecule has 0 spiro atoms. The number of hydrazine groups is 1. The van der Waals surface area contributed by atoms with Gasteiger partial charge >= 0.3 is 0 Å². The van der Waals surface area contributed by atoms with Crippen molar-refractivity contribution in [1.29, 1.82) is 0 Å². The minimum atomic E-state index is -0.464. The van der Waals surface area contributed by atoms with Crippen molar-refractivity contribution in [3.63, 3.8) is 0 Å². The van der Waals surface area contributed by atoms with Crippen LogP contribution in [0.1, 0.15) is 25.7 Å². The molecule has 1 saturated heterocycles. The molecule has 2 amide bonds. The second-order valence-electron chi connectivity index (χ2n) is 5.90. The van der Waals surface area contributed by atoms with E-state index in [1.165, 1.54) is 19.3 Å². The van der Waals surface area contributed by atoms with Gasteiger partial charge in [-0.25, -0.2) is 4.99 Å². The predicted octanol–water partition coefficient (Wildman–Crippen LogP) is 1.20. The molecule has 0 aromatic carbocycles. The molecule has 7 heteroatoms. The van der Waals surface area contributed by atoms with Crippen LogP contribution in [0.25, 0.3) is 0 Å². The summed E-state index contributed by atoms with van der Waals surface area (Å²) in [5.74, 6) is -0.929. The Kier molecular flexibility index (Phi) is 4.97. The molecule has 1 fully saturated rings. The molecule has 0 bridgehead atoms. The molecular formula is C16H20N4O2S. The zero-order chi connectivity index (χ0) is 16.2. The average Bonchev–Trinajstić information content (AvgIpc) is 2.58. The van der Waals surface area contributed by atoms with Crippen molar-refractivity contribution in [3.05, 3.63) is 24.3 Å². The van der Waals surface area contributed by atoms with Gasteiger partial charge in [0.05, 0.1) is 5.71 Å². The molecule has 1 aliphatic carbocycles. The summed E-state index contributed by atoms with van der Waals surface area (Å²) in [6.45, 7) is 2.80. The average molecular weight is 332 g/mol. The van der Waals surface area contributed by atoms with Gasteiger partial charge in [0.1, 0.15) is 5.92 Å². The molecular weight excluding hydrogens is 312 g/mol. The summed E-state index contributed by atoms with van der Waals surface area (Å²) in [6.07, 6.45) is 11.1. The summed E-state index contributed by atoms with van der Waals surface area (Å²) in [7, 11) is 0. The first-order valence-corrected chi connectivity index (χ1v) is 8.39. The van der Waals surface area contributed by atoms with Gasteiger partial charge in [-0.2, -0.15) is 5.01 Å². The highest BCUT2D eigenvalue weighted by molar-refractivity contribution is 7.80. The number of likely N-dealkylation sites (tertiary alicyclic amines) is 1. The molecule has 2 aliphatic heterocycles. The van der Waals surface area contributed by atoms with Crippen LogP contribution in [0, 0.1) is 5.92 Å². The van der Waals surface area contributed by atoms with E-state index in [4.69, 9.17) is 12.2 Å². The Bertz CT molecular complexity index is 605. The molecule has 3 rings (SSSR count). The molecule has 0 aromatic rings. The molecule has 23 heavy (non-hydrogen) atoms. The van der Waals surface area contributed by atoms with Crippen LogP contribution in [0.4, 0.5) is 0 Å². The maximum absolute atomic E-state index is 12.5. The Morgan fingerprint density at radius 3 is 2.87 bits per heavy atom. The number of rotatable bonds is 4. The number of fused-ring (bicyclic) bond motifs is 1. The van der Waals surface area contributed by atoms with Crippen LogP contribution in [-0.4, -0.2) is 52.2 Å². The molecule has 0 radical (unpaired) electrons. The summed E-state index contributed by atoms with van der Waals surface area (Å²) in [4.78, 5) is 31.1. The Morgan fingerprint density at radius 2 is 2.09 bits per heavy atom. The first kappa shape index (κ1) is 16.0. The van der Waals surface area contributed by atoms with Gasteiger partial charge in [0.25, 0.3) is 5.91 Å². The maximum atomic E-state index is 12.5. The predicted molar refractivity (Wildman–Crippen MR) is 91.7 cm³/mol. The van der Waals surface area contributed by atoms with E-state index in [1.54, 1.807) is 18.2 Å². The minimum absolute atomic E-state index is 0.0903. The van der Waals surface area contributed by atoms with Gasteiger partial charge in [-0.05, 0) is 44.2 Å². The van der Waals surface area contributed by atoms with Gasteiger partial charge in [0, 0.05) is 13.0 Å². The maximum Gasteiger partial charge on any atom is 0.260 e. The van der Waals surface area contributed by atoms with E-state index in [0.29, 0.717) is 18.7 Å². The summed E-state index contributed by atoms with van der Waals surface area (Å²) in [6, 6.07) is 0. The van der Waals surface area contributed by atoms with E-state index < -0.39 is 5.92 Å². The largest absolute Gasteiger partial charge is 0.303 e. The van der Waals surface area contributed by atoms with Crippen LogP contribution in [0.15, 0.2) is 29.3 Å². The normalized spacial score (nSPS) is 24.4. The molecule has 122 valence electrons. The molecule has 0 aromatic heterocycles. The van der Waals surface area contributed by atoms with Crippen molar-refractivity contribution in [2.45, 2.75) is 25.7 Å². The van der Waals surface area contributed by atoms with Crippen LogP contribution >= 0.6 is 12.2 Å². The number of allylic oxidation sites excluding steroid dienone is 3. The van der Waals surface area contributed by atoms with E-state index in [0.717, 1.165) is 18.1 Å². The molecule has 1 unspecified atom stereocenters. The van der Waals surface area contributed by atoms with Crippen LogP contribution < -0.4 is 5.43 Å². The highest BCUT2D eigenvalue weighted by atomic mass is 32.1. The molecule has 2 heterocycles. The lowest BCUT2D eigenvalue weighted by Crippen LogP contribution is -2.55. The molecule has 1 N–H and O–H groups in total. The number of thiocarbonyl (C=S) groups is 1. The number of carbonyl (C=O) groups is 2. The number of amides is 2. The first-order chi connectivity index (χ1) is 11.1. The van der Waals surface area contributed by atoms with Gasteiger partial charge in [-0.3, -0.25) is 15.0 Å². The van der Waals surface area contributed by atoms with Crippen molar-refractivity contribution in [3.8, 4) is 0 Å². The van der Waals surface area contributed by atoms with Crippen molar-refractivity contribution in [2.24, 2.45) is 10.9 Å². The number of hydrogen-bond donors (Lipinski definition) is 1. The third-order valence-electron chi connectivity index (χ3n) is 4.24. The number of nitrogens with zero attached hydrogens (tertiary/aromatic N) is 3. The van der Waals surface area contributed by atoms with Crippen molar-refractivity contribution in [2.75, 3.05) is 19.6 Å². The van der Waals surface area contributed by atoms with E-state index in [9.17, 15) is 9.59 Å². The lowest BCUT2D eigenvalue weighted by atomic mass is 9.96. The first-order valence-electron chi connectivity index (χ1n) is 7.98. The highest BCUT2D eigenvalue weighted by Gasteiger charge is 2.34. The summed E-state index contributed by atoms with van der Waals surface area (Å²) in [5, 5.41) is 1.19. The third kappa shape index (κ3) is 3.73. The third-order valence-corrected chi connectivity index (χ3v) is 4.52. The van der Waals surface area contributed by atoms with Crippen LogP contribution in [0.3, 0.4) is 0 Å². The zero-order valence-corrected chi connectivity index (χ0v) is 13.7. The van der Waals surface area contributed by atoms with Crippen molar-refractivity contribution >= 4 is 34.9 Å². The Labute approximate surface area is 140 Å². The SMILES string of the molecule is O=C(CCN1CCCCC1)NN1C(=O)C2C=CC=CC2=NC1=S. The van der Waals surface area contributed by atoms with E-state index in [2.05, 4.69) is 15.3 Å². The second-order valence-corrected chi connectivity index (χ2v) is 6.27. The number of nitrogens with one attached hydrogen (secondary N) is 1. The van der Waals surface area contributed by atoms with Gasteiger partial charge in [-0.15, -0.1) is 0 Å². The van der Waals surface area contributed by atoms with Gasteiger partial charge in [-0.1, -0.05) is 24.6 Å². The van der Waals surface area contributed by atoms with Crippen LogP contribution in [0.2, 0.25) is 0 Å². The second kappa shape index (κ2) is 7.14. The standard InChI is InChI=1S/C16H20N4O2S/c21-14(8-11-19-9-4-1-5-10-19)18-20-15(22)12-6-2-3-7-13(12)17-16(20)23/h2-3,6-7,12H,1,4-5,8-11H2,(H,18,21). The zero-order valence-electron chi connectivity index (χ0n) is 12.9. The van der Waals surface area contributed by atoms with E-state index >= 15 is 0 Å². The Balaban J connectivity index is 1.56. The van der Waals surface area contributed by atoms with E-state index in [1.807, 2.05) is 6.08 Å². The minimum Gasteiger partial charge on any atom is -0.303 e. The van der Waals surface area contributed by atoms with Gasteiger partial charge in [0.15, 0.2) is 0 Å². The molecule has 1 atom stereocenters. The quantitative estimate of drug-likeness (QED) is 0.786. The van der Waals surface area contributed by atoms with Crippen molar-refractivity contribution in [1.82, 2.24) is 15.3 Å². The van der Waals surface area contributed by atoms with E-state index in [-0.39, 0.29) is 16.9 Å². The molecule has 3 aliphatic rings. The van der Waals surface area contributed by atoms with Crippen molar-refractivity contribution < 1.29 is 9.59 Å². The fourth-order valence-electron chi connectivity index (χ4n) is 2.97. The lowest BCUT2D eigenvalue weighted by Gasteiger charge is -2.30. The summed E-state index contributed by atoms with van der Waals surface area (Å²) in [5.41, 5.74) is 3.23. The van der Waals surface area contributed by atoms with Crippen LogP contribution in [0.5, 0.6) is 0 Å². The fourth-order valence-corrected chi connectivity index (χ4v) is 3.21. The number of carbonyl (C=O) groups excluding carboxylic acids is 2.